The molecule has 1 N–H and O–H groups in total. The molecule has 51 heavy (non-hydrogen) atoms. The Kier molecular flexibility index (Phi) is 9.90. The zero-order valence-electron chi connectivity index (χ0n) is 29.4. The van der Waals surface area contributed by atoms with Gasteiger partial charge in [0.2, 0.25) is 5.75 Å². The second kappa shape index (κ2) is 14.7. The van der Waals surface area contributed by atoms with Gasteiger partial charge in [0.05, 0.1) is 46.0 Å². The number of methoxy groups -OCH3 is 4. The second-order valence-corrected chi connectivity index (χ2v) is 13.6. The maximum atomic E-state index is 13.7. The molecule has 11 nitrogen and oxygen atoms in total. The lowest BCUT2D eigenvalue weighted by Gasteiger charge is -2.51. The predicted molar refractivity (Wildman–Crippen MR) is 188 cm³/mol. The van der Waals surface area contributed by atoms with Gasteiger partial charge in [-0.2, -0.15) is 0 Å². The van der Waals surface area contributed by atoms with Crippen molar-refractivity contribution in [3.05, 3.63) is 83.0 Å². The number of nitrogens with zero attached hydrogens (tertiary/aromatic N) is 1. The van der Waals surface area contributed by atoms with Crippen molar-refractivity contribution in [3.63, 3.8) is 0 Å². The van der Waals surface area contributed by atoms with E-state index in [0.29, 0.717) is 19.3 Å². The number of aromatic amines is 1. The molecule has 0 radical (unpaired) electrons. The third-order valence-electron chi connectivity index (χ3n) is 10.9. The molecule has 1 saturated heterocycles. The number of ether oxygens (including phenoxy) is 6. The Balaban J connectivity index is 1.06. The minimum Gasteiger partial charge on any atom is -0.497 e. The fourth-order valence-corrected chi connectivity index (χ4v) is 8.43. The van der Waals surface area contributed by atoms with Crippen molar-refractivity contribution in [3.8, 4) is 23.0 Å². The van der Waals surface area contributed by atoms with E-state index in [1.165, 1.54) is 50.1 Å². The van der Waals surface area contributed by atoms with E-state index in [1.807, 2.05) is 42.5 Å². The van der Waals surface area contributed by atoms with Gasteiger partial charge in [-0.3, -0.25) is 14.5 Å². The van der Waals surface area contributed by atoms with Crippen LogP contribution >= 0.6 is 0 Å². The monoisotopic (exact) mass is 696 g/mol. The number of H-pyrrole nitrogens is 1. The summed E-state index contributed by atoms with van der Waals surface area (Å²) in [6, 6.07) is 19.0. The fourth-order valence-electron chi connectivity index (χ4n) is 8.43. The lowest BCUT2D eigenvalue weighted by Crippen LogP contribution is -2.52. The first-order valence-electron chi connectivity index (χ1n) is 17.5. The number of aryl methyl sites for hydroxylation is 1. The molecule has 1 unspecified atom stereocenters. The van der Waals surface area contributed by atoms with Gasteiger partial charge in [-0.15, -0.1) is 0 Å². The van der Waals surface area contributed by atoms with Crippen LogP contribution in [0.5, 0.6) is 23.0 Å². The van der Waals surface area contributed by atoms with E-state index in [0.717, 1.165) is 42.8 Å². The Hall–Kier alpha value is -5.03. The molecular weight excluding hydrogens is 652 g/mol. The molecule has 0 amide bonds. The van der Waals surface area contributed by atoms with Crippen LogP contribution in [-0.2, 0) is 31.9 Å². The SMILES string of the molecule is COC(=O)[C@@H]1CC(OC(=O)c2cc(OC)c(OC(=O)CCc3ccccc3)c(OC)c2)C[C@@H]2CN3CCc4c([nH]c5cc(OC)ccc45)[C@H]3C[C@@H]21. The smallest absolute Gasteiger partial charge is 0.338 e. The first-order valence-corrected chi connectivity index (χ1v) is 17.5. The lowest BCUT2D eigenvalue weighted by molar-refractivity contribution is -0.155. The number of carbonyl (C=O) groups is 3. The first kappa shape index (κ1) is 34.4. The van der Waals surface area contributed by atoms with E-state index in [2.05, 4.69) is 16.0 Å². The van der Waals surface area contributed by atoms with E-state index in [4.69, 9.17) is 28.4 Å². The molecule has 5 atom stereocenters. The summed E-state index contributed by atoms with van der Waals surface area (Å²) in [5.74, 6) is -0.258. The van der Waals surface area contributed by atoms with Gasteiger partial charge in [-0.1, -0.05) is 30.3 Å². The van der Waals surface area contributed by atoms with Crippen molar-refractivity contribution in [2.24, 2.45) is 17.8 Å². The number of rotatable bonds is 10. The Morgan fingerprint density at radius 2 is 1.65 bits per heavy atom. The molecule has 7 rings (SSSR count). The van der Waals surface area contributed by atoms with E-state index >= 15 is 0 Å². The number of carbonyl (C=O) groups excluding carboxylic acids is 3. The van der Waals surface area contributed by atoms with Gasteiger partial charge >= 0.3 is 17.9 Å². The fraction of sp³-hybridized carbons (Fsp3) is 0.425. The molecule has 2 fully saturated rings. The Morgan fingerprint density at radius 1 is 0.882 bits per heavy atom. The zero-order chi connectivity index (χ0) is 35.6. The largest absolute Gasteiger partial charge is 0.497 e. The van der Waals surface area contributed by atoms with Crippen LogP contribution in [0.3, 0.4) is 0 Å². The summed E-state index contributed by atoms with van der Waals surface area (Å²) in [6.07, 6.45) is 2.92. The quantitative estimate of drug-likeness (QED) is 0.154. The number of benzene rings is 3. The summed E-state index contributed by atoms with van der Waals surface area (Å²) >= 11 is 0. The summed E-state index contributed by atoms with van der Waals surface area (Å²) in [6.45, 7) is 1.71. The summed E-state index contributed by atoms with van der Waals surface area (Å²) in [5, 5.41) is 1.22. The minimum atomic E-state index is -0.578. The number of nitrogens with one attached hydrogen (secondary N) is 1. The van der Waals surface area contributed by atoms with E-state index < -0.39 is 24.0 Å². The number of hydrogen-bond acceptors (Lipinski definition) is 10. The third kappa shape index (κ3) is 6.87. The van der Waals surface area contributed by atoms with Gasteiger partial charge in [0.15, 0.2) is 11.5 Å². The lowest BCUT2D eigenvalue weighted by atomic mass is 9.65. The molecule has 3 aromatic carbocycles. The van der Waals surface area contributed by atoms with Gasteiger partial charge in [-0.05, 0) is 79.3 Å². The van der Waals surface area contributed by atoms with Crippen molar-refractivity contribution in [1.82, 2.24) is 9.88 Å². The average Bonchev–Trinajstić information content (AvgIpc) is 3.54. The third-order valence-corrected chi connectivity index (χ3v) is 10.9. The van der Waals surface area contributed by atoms with Crippen LogP contribution in [0.2, 0.25) is 0 Å². The molecule has 4 aromatic rings. The molecule has 3 heterocycles. The predicted octanol–water partition coefficient (Wildman–Crippen LogP) is 6.08. The molecule has 268 valence electrons. The number of esters is 3. The van der Waals surface area contributed by atoms with Gasteiger partial charge < -0.3 is 33.4 Å². The van der Waals surface area contributed by atoms with E-state index in [1.54, 1.807) is 7.11 Å². The van der Waals surface area contributed by atoms with Crippen molar-refractivity contribution >= 4 is 28.8 Å². The number of aromatic nitrogens is 1. The molecule has 0 spiro atoms. The van der Waals surface area contributed by atoms with Crippen molar-refractivity contribution < 1.29 is 42.8 Å². The van der Waals surface area contributed by atoms with Crippen molar-refractivity contribution in [2.45, 2.75) is 50.7 Å². The second-order valence-electron chi connectivity index (χ2n) is 13.6. The van der Waals surface area contributed by atoms with Crippen LogP contribution in [0.4, 0.5) is 0 Å². The van der Waals surface area contributed by atoms with E-state index in [9.17, 15) is 14.4 Å². The highest BCUT2D eigenvalue weighted by molar-refractivity contribution is 5.92. The van der Waals surface area contributed by atoms with Gasteiger partial charge in [0.25, 0.3) is 0 Å². The average molecular weight is 697 g/mol. The van der Waals surface area contributed by atoms with Crippen molar-refractivity contribution in [2.75, 3.05) is 41.5 Å². The Morgan fingerprint density at radius 3 is 2.35 bits per heavy atom. The van der Waals surface area contributed by atoms with Crippen LogP contribution in [0, 0.1) is 17.8 Å². The standard InChI is InChI=1S/C40H44N2O9/c1-46-26-11-12-28-29-14-15-42-22-25-16-27(19-31(40(45)49-4)30(25)21-33(42)37(29)41-32(28)20-26)50-39(44)24-17-34(47-2)38(35(18-24)48-3)51-36(43)13-10-23-8-6-5-7-9-23/h5-9,11-12,17-18,20,25,27,30-31,33,41H,10,13-16,19,21-22H2,1-4H3/t25-,27?,30+,31-,33-/m1/s1. The van der Waals surface area contributed by atoms with Crippen LogP contribution in [0.1, 0.15) is 58.9 Å². The molecule has 1 saturated carbocycles. The van der Waals surface area contributed by atoms with Crippen LogP contribution in [-0.4, -0.2) is 75.4 Å². The highest BCUT2D eigenvalue weighted by Gasteiger charge is 2.49. The minimum absolute atomic E-state index is 0.0802. The van der Waals surface area contributed by atoms with Gasteiger partial charge in [0, 0.05) is 42.2 Å². The topological polar surface area (TPSA) is 126 Å². The summed E-state index contributed by atoms with van der Waals surface area (Å²) in [7, 11) is 5.95. The molecule has 11 heteroatoms. The molecule has 0 bridgehead atoms. The van der Waals surface area contributed by atoms with Gasteiger partial charge in [0.1, 0.15) is 11.9 Å². The summed E-state index contributed by atoms with van der Waals surface area (Å²) < 4.78 is 33.6. The molecule has 1 aliphatic carbocycles. The van der Waals surface area contributed by atoms with Crippen LogP contribution in [0.15, 0.2) is 60.7 Å². The number of piperidine rings is 1. The van der Waals surface area contributed by atoms with Gasteiger partial charge in [-0.25, -0.2) is 4.79 Å². The maximum Gasteiger partial charge on any atom is 0.338 e. The highest BCUT2D eigenvalue weighted by atomic mass is 16.6. The Bertz CT molecular complexity index is 1900. The molecule has 3 aliphatic rings. The summed E-state index contributed by atoms with van der Waals surface area (Å²) in [5.41, 5.74) is 4.82. The van der Waals surface area contributed by atoms with Crippen LogP contribution in [0.25, 0.3) is 10.9 Å². The maximum absolute atomic E-state index is 13.7. The summed E-state index contributed by atoms with van der Waals surface area (Å²) in [4.78, 5) is 45.9. The van der Waals surface area contributed by atoms with Crippen molar-refractivity contribution in [1.29, 1.82) is 0 Å². The normalized spacial score (nSPS) is 22.5. The zero-order valence-corrected chi connectivity index (χ0v) is 29.4. The highest BCUT2D eigenvalue weighted by Crippen LogP contribution is 2.50. The number of hydrogen-bond donors (Lipinski definition) is 1. The first-order chi connectivity index (χ1) is 24.8. The molecule has 1 aromatic heterocycles. The molecule has 2 aliphatic heterocycles. The molecular formula is C40H44N2O9. The Labute approximate surface area is 297 Å². The van der Waals surface area contributed by atoms with Crippen LogP contribution < -0.4 is 18.9 Å². The van der Waals surface area contributed by atoms with E-state index in [-0.39, 0.29) is 53.1 Å². The number of fused-ring (bicyclic) bond motifs is 6.